The second kappa shape index (κ2) is 5.73. The number of hydrogen-bond donors (Lipinski definition) is 2. The van der Waals surface area contributed by atoms with Crippen molar-refractivity contribution >= 4 is 0 Å². The Kier molecular flexibility index (Phi) is 4.35. The van der Waals surface area contributed by atoms with E-state index in [0.717, 1.165) is 11.3 Å². The Balaban J connectivity index is 2.19. The maximum absolute atomic E-state index is 9.83. The zero-order valence-electron chi connectivity index (χ0n) is 13.4. The number of aliphatic hydroxyl groups is 1. The van der Waals surface area contributed by atoms with Crippen LogP contribution >= 0.6 is 0 Å². The highest BCUT2D eigenvalue weighted by atomic mass is 16.7. The minimum atomic E-state index is -0.884. The summed E-state index contributed by atoms with van der Waals surface area (Å²) in [5.74, 6) is 2.12. The smallest absolute Gasteiger partial charge is 0.231 e. The number of ether oxygens (including phenoxy) is 3. The van der Waals surface area contributed by atoms with E-state index in [9.17, 15) is 5.11 Å². The summed E-state index contributed by atoms with van der Waals surface area (Å²) in [6, 6.07) is 3.76. The molecular formula is C16H25NO4. The van der Waals surface area contributed by atoms with Gasteiger partial charge in [-0.2, -0.15) is 0 Å². The van der Waals surface area contributed by atoms with Crippen molar-refractivity contribution in [2.24, 2.45) is 0 Å². The van der Waals surface area contributed by atoms with E-state index in [4.69, 9.17) is 14.2 Å². The minimum absolute atomic E-state index is 0.00386. The summed E-state index contributed by atoms with van der Waals surface area (Å²) in [4.78, 5) is 0. The first-order chi connectivity index (χ1) is 9.64. The predicted octanol–water partition coefficient (Wildman–Crippen LogP) is 2.45. The molecule has 1 aliphatic heterocycles. The maximum atomic E-state index is 9.83. The molecule has 2 rings (SSSR count). The van der Waals surface area contributed by atoms with E-state index < -0.39 is 5.60 Å². The first kappa shape index (κ1) is 15.9. The number of benzene rings is 1. The molecule has 1 aromatic carbocycles. The van der Waals surface area contributed by atoms with Gasteiger partial charge < -0.3 is 24.6 Å². The van der Waals surface area contributed by atoms with Crippen molar-refractivity contribution in [3.05, 3.63) is 17.7 Å². The van der Waals surface area contributed by atoms with Crippen LogP contribution in [0.15, 0.2) is 12.1 Å². The first-order valence-corrected chi connectivity index (χ1v) is 7.17. The van der Waals surface area contributed by atoms with E-state index in [1.165, 1.54) is 0 Å². The first-order valence-electron chi connectivity index (χ1n) is 7.17. The summed E-state index contributed by atoms with van der Waals surface area (Å²) in [6.45, 7) is 10.9. The highest BCUT2D eigenvalue weighted by molar-refractivity contribution is 5.51. The second-order valence-electron chi connectivity index (χ2n) is 7.02. The van der Waals surface area contributed by atoms with Gasteiger partial charge in [0.05, 0.1) is 5.60 Å². The van der Waals surface area contributed by atoms with Crippen molar-refractivity contribution in [2.75, 3.05) is 13.4 Å². The van der Waals surface area contributed by atoms with Gasteiger partial charge in [0.1, 0.15) is 12.4 Å². The molecule has 0 saturated heterocycles. The van der Waals surface area contributed by atoms with Crippen LogP contribution in [-0.4, -0.2) is 29.6 Å². The molecule has 5 nitrogen and oxygen atoms in total. The molecule has 0 aliphatic carbocycles. The maximum Gasteiger partial charge on any atom is 0.231 e. The molecule has 0 saturated carbocycles. The topological polar surface area (TPSA) is 60.0 Å². The monoisotopic (exact) mass is 295 g/mol. The molecule has 0 fully saturated rings. The third-order valence-electron chi connectivity index (χ3n) is 2.95. The van der Waals surface area contributed by atoms with Crippen LogP contribution in [0.4, 0.5) is 0 Å². The van der Waals surface area contributed by atoms with Crippen LogP contribution in [0.5, 0.6) is 17.2 Å². The SMILES string of the molecule is CC(C)(O)COc1cc2c(cc1CNC(C)(C)C)OCO2. The summed E-state index contributed by atoms with van der Waals surface area (Å²) in [5, 5.41) is 13.3. The van der Waals surface area contributed by atoms with E-state index in [1.54, 1.807) is 13.8 Å². The fourth-order valence-corrected chi connectivity index (χ4v) is 1.85. The number of nitrogens with one attached hydrogen (secondary N) is 1. The molecule has 1 aliphatic rings. The number of hydrogen-bond acceptors (Lipinski definition) is 5. The standard InChI is InChI=1S/C16H25NO4/c1-15(2,3)17-8-11-6-13-14(21-10-20-13)7-12(11)19-9-16(4,5)18/h6-7,17-18H,8-10H2,1-5H3. The van der Waals surface area contributed by atoms with Crippen LogP contribution in [0.2, 0.25) is 0 Å². The van der Waals surface area contributed by atoms with Gasteiger partial charge in [-0.15, -0.1) is 0 Å². The molecule has 0 spiro atoms. The van der Waals surface area contributed by atoms with Crippen molar-refractivity contribution in [3.8, 4) is 17.2 Å². The highest BCUT2D eigenvalue weighted by Crippen LogP contribution is 2.38. The Morgan fingerprint density at radius 3 is 2.33 bits per heavy atom. The molecule has 0 aromatic heterocycles. The van der Waals surface area contributed by atoms with Gasteiger partial charge >= 0.3 is 0 Å². The molecule has 118 valence electrons. The zero-order chi connectivity index (χ0) is 15.7. The Morgan fingerprint density at radius 2 is 1.76 bits per heavy atom. The molecule has 0 unspecified atom stereocenters. The van der Waals surface area contributed by atoms with Crippen molar-refractivity contribution in [3.63, 3.8) is 0 Å². The highest BCUT2D eigenvalue weighted by Gasteiger charge is 2.21. The predicted molar refractivity (Wildman–Crippen MR) is 81.0 cm³/mol. The van der Waals surface area contributed by atoms with Crippen molar-refractivity contribution in [1.82, 2.24) is 5.32 Å². The average Bonchev–Trinajstić information content (AvgIpc) is 2.78. The van der Waals surface area contributed by atoms with Gasteiger partial charge in [0.25, 0.3) is 0 Å². The number of rotatable bonds is 5. The van der Waals surface area contributed by atoms with E-state index in [0.29, 0.717) is 18.0 Å². The Hall–Kier alpha value is -1.46. The summed E-state index contributed by atoms with van der Waals surface area (Å²) in [5.41, 5.74) is 0.105. The summed E-state index contributed by atoms with van der Waals surface area (Å²) in [7, 11) is 0. The van der Waals surface area contributed by atoms with Crippen LogP contribution in [0.3, 0.4) is 0 Å². The summed E-state index contributed by atoms with van der Waals surface area (Å²) < 4.78 is 16.6. The van der Waals surface area contributed by atoms with Crippen LogP contribution in [0.1, 0.15) is 40.2 Å². The van der Waals surface area contributed by atoms with E-state index >= 15 is 0 Å². The lowest BCUT2D eigenvalue weighted by atomic mass is 10.1. The van der Waals surface area contributed by atoms with Gasteiger partial charge in [0, 0.05) is 23.7 Å². The Labute approximate surface area is 126 Å². The Bertz CT molecular complexity index is 455. The van der Waals surface area contributed by atoms with Crippen molar-refractivity contribution in [1.29, 1.82) is 0 Å². The minimum Gasteiger partial charge on any atom is -0.490 e. The quantitative estimate of drug-likeness (QED) is 0.874. The van der Waals surface area contributed by atoms with Gasteiger partial charge in [0.15, 0.2) is 11.5 Å². The molecule has 0 radical (unpaired) electrons. The van der Waals surface area contributed by atoms with Gasteiger partial charge in [0.2, 0.25) is 6.79 Å². The van der Waals surface area contributed by atoms with Gasteiger partial charge in [-0.25, -0.2) is 0 Å². The largest absolute Gasteiger partial charge is 0.490 e. The fourth-order valence-electron chi connectivity index (χ4n) is 1.85. The molecule has 0 atom stereocenters. The third kappa shape index (κ3) is 4.79. The van der Waals surface area contributed by atoms with Crippen molar-refractivity contribution < 1.29 is 19.3 Å². The van der Waals surface area contributed by atoms with Gasteiger partial charge in [-0.05, 0) is 40.7 Å². The lowest BCUT2D eigenvalue weighted by Crippen LogP contribution is -2.35. The van der Waals surface area contributed by atoms with E-state index in [1.807, 2.05) is 12.1 Å². The lowest BCUT2D eigenvalue weighted by molar-refractivity contribution is 0.0280. The van der Waals surface area contributed by atoms with Crippen LogP contribution < -0.4 is 19.5 Å². The fraction of sp³-hybridized carbons (Fsp3) is 0.625. The van der Waals surface area contributed by atoms with Crippen LogP contribution in [-0.2, 0) is 6.54 Å². The molecular weight excluding hydrogens is 270 g/mol. The summed E-state index contributed by atoms with van der Waals surface area (Å²) >= 11 is 0. The normalized spacial score (nSPS) is 14.4. The van der Waals surface area contributed by atoms with Crippen molar-refractivity contribution in [2.45, 2.75) is 52.3 Å². The van der Waals surface area contributed by atoms with Gasteiger partial charge in [-0.1, -0.05) is 0 Å². The van der Waals surface area contributed by atoms with Crippen LogP contribution in [0.25, 0.3) is 0 Å². The number of fused-ring (bicyclic) bond motifs is 1. The van der Waals surface area contributed by atoms with Crippen LogP contribution in [0, 0.1) is 0 Å². The molecule has 1 heterocycles. The molecule has 0 amide bonds. The zero-order valence-corrected chi connectivity index (χ0v) is 13.4. The summed E-state index contributed by atoms with van der Waals surface area (Å²) in [6.07, 6.45) is 0. The Morgan fingerprint density at radius 1 is 1.14 bits per heavy atom. The molecule has 21 heavy (non-hydrogen) atoms. The third-order valence-corrected chi connectivity index (χ3v) is 2.95. The van der Waals surface area contributed by atoms with E-state index in [2.05, 4.69) is 26.1 Å². The molecule has 5 heteroatoms. The molecule has 2 N–H and O–H groups in total. The van der Waals surface area contributed by atoms with Gasteiger partial charge in [-0.3, -0.25) is 0 Å². The molecule has 1 aromatic rings. The second-order valence-corrected chi connectivity index (χ2v) is 7.02. The average molecular weight is 295 g/mol. The lowest BCUT2D eigenvalue weighted by Gasteiger charge is -2.23. The van der Waals surface area contributed by atoms with E-state index in [-0.39, 0.29) is 18.9 Å². The molecule has 0 bridgehead atoms.